The zero-order valence-electron chi connectivity index (χ0n) is 19.1. The highest BCUT2D eigenvalue weighted by atomic mass is 16.5. The van der Waals surface area contributed by atoms with E-state index in [9.17, 15) is 4.79 Å². The Morgan fingerprint density at radius 1 is 0.586 bits per heavy atom. The van der Waals surface area contributed by atoms with Gasteiger partial charge in [-0.2, -0.15) is 0 Å². The molecule has 2 nitrogen and oxygen atoms in total. The molecule has 0 saturated carbocycles. The molecule has 0 aliphatic carbocycles. The van der Waals surface area contributed by atoms with Gasteiger partial charge in [0.25, 0.3) is 0 Å². The molecule has 3 aromatic carbocycles. The predicted molar refractivity (Wildman–Crippen MR) is 127 cm³/mol. The fourth-order valence-electron chi connectivity index (χ4n) is 3.65. The second-order valence-corrected chi connectivity index (χ2v) is 8.28. The summed E-state index contributed by atoms with van der Waals surface area (Å²) in [6.45, 7) is 2.28. The van der Waals surface area contributed by atoms with E-state index < -0.39 is 0 Å². The summed E-state index contributed by atoms with van der Waals surface area (Å²) in [6.07, 6.45) is 20.9. The van der Waals surface area contributed by atoms with Crippen LogP contribution in [-0.2, 0) is 9.53 Å². The number of hydrogen-bond donors (Lipinski definition) is 0. The van der Waals surface area contributed by atoms with Gasteiger partial charge in [-0.3, -0.25) is 4.79 Å². The van der Waals surface area contributed by atoms with Crippen LogP contribution in [0.3, 0.4) is 0 Å². The molecule has 3 aromatic rings. The minimum atomic E-state index is -0.0651. The molecule has 0 atom stereocenters. The lowest BCUT2D eigenvalue weighted by Gasteiger charge is -2.03. The highest BCUT2D eigenvalue weighted by Crippen LogP contribution is 2.14. The molecule has 2 bridgehead atoms. The van der Waals surface area contributed by atoms with Crippen LogP contribution < -0.4 is 0 Å². The van der Waals surface area contributed by atoms with Gasteiger partial charge >= 0.3 is 5.97 Å². The Morgan fingerprint density at radius 2 is 0.897 bits per heavy atom. The fraction of sp³-hybridized carbons (Fsp3) is 0.667. The Kier molecular flexibility index (Phi) is 16.2. The van der Waals surface area contributed by atoms with Gasteiger partial charge in [-0.05, 0) is 17.2 Å². The Bertz CT molecular complexity index is 515. The van der Waals surface area contributed by atoms with Gasteiger partial charge in [-0.25, -0.2) is 0 Å². The molecule has 0 radical (unpaired) electrons. The maximum Gasteiger partial charge on any atom is 0.305 e. The third kappa shape index (κ3) is 15.0. The van der Waals surface area contributed by atoms with Crippen molar-refractivity contribution < 1.29 is 9.53 Å². The molecule has 0 saturated heterocycles. The normalized spacial score (nSPS) is 10.7. The summed E-state index contributed by atoms with van der Waals surface area (Å²) < 4.78 is 4.63. The van der Waals surface area contributed by atoms with Crippen LogP contribution in [0.4, 0.5) is 0 Å². The lowest BCUT2D eigenvalue weighted by atomic mass is 10.0. The smallest absolute Gasteiger partial charge is 0.305 e. The standard InChI is InChI=1S/C19H38O2.C8H6/c1-3-4-5-6-7-8-9-10-11-12-13-14-15-16-17-18-19(20)21-2;1-2-8-5-3-7(1)4-6-8/h3-18H2,1-2H3;1-6H. The van der Waals surface area contributed by atoms with Gasteiger partial charge in [0.05, 0.1) is 7.11 Å². The molecule has 0 aliphatic heterocycles. The number of methoxy groups -OCH3 is 1. The third-order valence-corrected chi connectivity index (χ3v) is 5.62. The molecule has 2 heteroatoms. The lowest BCUT2D eigenvalue weighted by molar-refractivity contribution is -0.140. The summed E-state index contributed by atoms with van der Waals surface area (Å²) in [5, 5.41) is 2.61. The van der Waals surface area contributed by atoms with Gasteiger partial charge in [0.1, 0.15) is 0 Å². The van der Waals surface area contributed by atoms with Crippen molar-refractivity contribution >= 4 is 16.7 Å². The van der Waals surface area contributed by atoms with Crippen LogP contribution in [0.5, 0.6) is 0 Å². The van der Waals surface area contributed by atoms with E-state index in [-0.39, 0.29) is 5.97 Å². The lowest BCUT2D eigenvalue weighted by Crippen LogP contribution is -1.99. The molecule has 0 spiro atoms. The minimum Gasteiger partial charge on any atom is -0.469 e. The molecule has 0 fully saturated rings. The van der Waals surface area contributed by atoms with Crippen molar-refractivity contribution in [1.29, 1.82) is 0 Å². The molecule has 164 valence electrons. The highest BCUT2D eigenvalue weighted by Gasteiger charge is 1.99. The first kappa shape index (κ1) is 25.5. The molecular formula is C27H44O2. The average Bonchev–Trinajstić information content (AvgIpc) is 2.78. The van der Waals surface area contributed by atoms with Crippen molar-refractivity contribution in [2.45, 2.75) is 110 Å². The quantitative estimate of drug-likeness (QED) is 0.208. The van der Waals surface area contributed by atoms with Crippen molar-refractivity contribution in [2.75, 3.05) is 7.11 Å². The summed E-state index contributed by atoms with van der Waals surface area (Å²) in [5.74, 6) is -0.0651. The largest absolute Gasteiger partial charge is 0.469 e. The maximum absolute atomic E-state index is 10.9. The van der Waals surface area contributed by atoms with Crippen molar-refractivity contribution in [1.82, 2.24) is 0 Å². The number of rotatable bonds is 16. The highest BCUT2D eigenvalue weighted by molar-refractivity contribution is 5.69. The molecule has 3 rings (SSSR count). The van der Waals surface area contributed by atoms with Crippen LogP contribution in [0, 0.1) is 0 Å². The van der Waals surface area contributed by atoms with Crippen LogP contribution >= 0.6 is 0 Å². The van der Waals surface area contributed by atoms with E-state index >= 15 is 0 Å². The number of carbonyl (C=O) groups excluding carboxylic acids is 1. The SMILES string of the molecule is CCCCCCCCCCCCCCCCCC(=O)OC.c1cc2ccc1cc2. The Balaban J connectivity index is 0.000000425. The average molecular weight is 401 g/mol. The van der Waals surface area contributed by atoms with Gasteiger partial charge < -0.3 is 4.74 Å². The Labute approximate surface area is 179 Å². The first-order valence-electron chi connectivity index (χ1n) is 12.1. The number of benzene rings is 3. The number of ether oxygens (including phenoxy) is 1. The van der Waals surface area contributed by atoms with Crippen LogP contribution in [0.25, 0.3) is 10.8 Å². The van der Waals surface area contributed by atoms with Crippen LogP contribution in [0.15, 0.2) is 36.4 Å². The predicted octanol–water partition coefficient (Wildman–Crippen LogP) is 8.70. The zero-order valence-corrected chi connectivity index (χ0v) is 19.1. The second kappa shape index (κ2) is 18.5. The van der Waals surface area contributed by atoms with E-state index in [1.165, 1.54) is 108 Å². The van der Waals surface area contributed by atoms with Gasteiger partial charge in [-0.15, -0.1) is 0 Å². The summed E-state index contributed by atoms with van der Waals surface area (Å²) in [6, 6.07) is 12.7. The Morgan fingerprint density at radius 3 is 1.17 bits per heavy atom. The summed E-state index contributed by atoms with van der Waals surface area (Å²) in [4.78, 5) is 10.9. The van der Waals surface area contributed by atoms with E-state index in [4.69, 9.17) is 0 Å². The molecule has 0 amide bonds. The molecular weight excluding hydrogens is 356 g/mol. The van der Waals surface area contributed by atoms with E-state index in [0.29, 0.717) is 6.42 Å². The number of unbranched alkanes of at least 4 members (excludes halogenated alkanes) is 14. The molecule has 0 aliphatic rings. The van der Waals surface area contributed by atoms with Crippen LogP contribution in [0.1, 0.15) is 110 Å². The second-order valence-electron chi connectivity index (χ2n) is 8.28. The number of fused-ring (bicyclic) bond motifs is 3. The van der Waals surface area contributed by atoms with E-state index in [1.54, 1.807) is 0 Å². The number of hydrogen-bond acceptors (Lipinski definition) is 2. The summed E-state index contributed by atoms with van der Waals surface area (Å²) in [5.41, 5.74) is 0. The van der Waals surface area contributed by atoms with Crippen LogP contribution in [-0.4, -0.2) is 13.1 Å². The van der Waals surface area contributed by atoms with Crippen molar-refractivity contribution in [2.24, 2.45) is 0 Å². The monoisotopic (exact) mass is 400 g/mol. The first-order valence-corrected chi connectivity index (χ1v) is 12.1. The van der Waals surface area contributed by atoms with Gasteiger partial charge in [-0.1, -0.05) is 133 Å². The zero-order chi connectivity index (χ0) is 21.0. The topological polar surface area (TPSA) is 26.3 Å². The van der Waals surface area contributed by atoms with Crippen molar-refractivity contribution in [3.8, 4) is 0 Å². The van der Waals surface area contributed by atoms with Crippen LogP contribution in [0.2, 0.25) is 0 Å². The van der Waals surface area contributed by atoms with Crippen molar-refractivity contribution in [3.05, 3.63) is 36.4 Å². The van der Waals surface area contributed by atoms with Gasteiger partial charge in [0.2, 0.25) is 0 Å². The van der Waals surface area contributed by atoms with E-state index in [2.05, 4.69) is 48.1 Å². The van der Waals surface area contributed by atoms with E-state index in [1.807, 2.05) is 0 Å². The summed E-state index contributed by atoms with van der Waals surface area (Å²) >= 11 is 0. The molecule has 0 unspecified atom stereocenters. The Hall–Kier alpha value is -1.57. The summed E-state index contributed by atoms with van der Waals surface area (Å²) in [7, 11) is 1.47. The minimum absolute atomic E-state index is 0.0651. The molecule has 0 N–H and O–H groups in total. The third-order valence-electron chi connectivity index (χ3n) is 5.62. The van der Waals surface area contributed by atoms with Gasteiger partial charge in [0, 0.05) is 6.42 Å². The van der Waals surface area contributed by atoms with E-state index in [0.717, 1.165) is 6.42 Å². The molecule has 0 heterocycles. The first-order chi connectivity index (χ1) is 14.3. The number of carbonyl (C=O) groups is 1. The molecule has 0 aromatic heterocycles. The van der Waals surface area contributed by atoms with Gasteiger partial charge in [0.15, 0.2) is 0 Å². The molecule has 29 heavy (non-hydrogen) atoms. The maximum atomic E-state index is 10.9. The fourth-order valence-corrected chi connectivity index (χ4v) is 3.65. The number of esters is 1. The van der Waals surface area contributed by atoms with Crippen molar-refractivity contribution in [3.63, 3.8) is 0 Å².